The van der Waals surface area contributed by atoms with E-state index in [1.54, 1.807) is 0 Å². The maximum atomic E-state index is 13.1. The van der Waals surface area contributed by atoms with Crippen molar-refractivity contribution in [2.75, 3.05) is 7.05 Å². The molecule has 2 heterocycles. The number of hydrogen-bond acceptors (Lipinski definition) is 2. The van der Waals surface area contributed by atoms with Gasteiger partial charge < -0.3 is 14.8 Å². The van der Waals surface area contributed by atoms with Crippen LogP contribution < -0.4 is 5.32 Å². The van der Waals surface area contributed by atoms with Crippen molar-refractivity contribution >= 4 is 22.7 Å². The van der Waals surface area contributed by atoms with Gasteiger partial charge in [0.25, 0.3) is 0 Å². The highest BCUT2D eigenvalue weighted by atomic mass is 16.2. The van der Waals surface area contributed by atoms with Crippen molar-refractivity contribution in [3.05, 3.63) is 48.7 Å². The molecule has 35 heavy (non-hydrogen) atoms. The second-order valence-electron chi connectivity index (χ2n) is 12.2. The van der Waals surface area contributed by atoms with E-state index in [0.29, 0.717) is 42.8 Å². The number of fused-ring (bicyclic) bond motifs is 6. The maximum absolute atomic E-state index is 13.1. The fraction of sp³-hybridized carbons (Fsp3) is 0.600. The zero-order valence-electron chi connectivity index (χ0n) is 21.4. The molecule has 5 nitrogen and oxygen atoms in total. The van der Waals surface area contributed by atoms with E-state index < -0.39 is 0 Å². The Hall–Kier alpha value is -2.56. The highest BCUT2D eigenvalue weighted by Gasteiger charge is 2.60. The maximum Gasteiger partial charge on any atom is 0.246 e. The summed E-state index contributed by atoms with van der Waals surface area (Å²) < 4.78 is 2.12. The molecule has 3 fully saturated rings. The van der Waals surface area contributed by atoms with E-state index in [1.807, 2.05) is 30.2 Å². The Bertz CT molecular complexity index is 1180. The van der Waals surface area contributed by atoms with E-state index in [-0.39, 0.29) is 22.6 Å². The summed E-state index contributed by atoms with van der Waals surface area (Å²) in [6, 6.07) is 10.7. The molecule has 7 atom stereocenters. The van der Waals surface area contributed by atoms with Gasteiger partial charge in [-0.3, -0.25) is 9.59 Å². The van der Waals surface area contributed by atoms with E-state index in [9.17, 15) is 9.59 Å². The molecule has 2 amide bonds. The third-order valence-corrected chi connectivity index (χ3v) is 10.9. The minimum Gasteiger partial charge on any atom is -0.338 e. The van der Waals surface area contributed by atoms with Gasteiger partial charge in [0, 0.05) is 36.6 Å². The number of carbonyl (C=O) groups excluding carboxylic acids is 2. The zero-order valence-corrected chi connectivity index (χ0v) is 21.4. The van der Waals surface area contributed by atoms with E-state index in [0.717, 1.165) is 11.9 Å². The van der Waals surface area contributed by atoms with Crippen LogP contribution in [0.15, 0.2) is 48.7 Å². The number of amides is 2. The van der Waals surface area contributed by atoms with Crippen LogP contribution >= 0.6 is 0 Å². The van der Waals surface area contributed by atoms with Gasteiger partial charge in [0.15, 0.2) is 0 Å². The minimum atomic E-state index is 0.0852. The summed E-state index contributed by atoms with van der Waals surface area (Å²) in [5.41, 5.74) is 1.50. The molecule has 0 saturated heterocycles. The number of likely N-dealkylation sites (N-methyl/N-ethyl adjacent to an activating group) is 1. The number of rotatable bonds is 4. The van der Waals surface area contributed by atoms with Crippen molar-refractivity contribution in [3.8, 4) is 0 Å². The molecule has 6 rings (SSSR count). The monoisotopic (exact) mass is 473 g/mol. The molecule has 0 spiro atoms. The van der Waals surface area contributed by atoms with Crippen LogP contribution in [0, 0.1) is 34.5 Å². The molecule has 1 aromatic carbocycles. The van der Waals surface area contributed by atoms with Gasteiger partial charge in [-0.05, 0) is 91.2 Å². The summed E-state index contributed by atoms with van der Waals surface area (Å²) in [5, 5.41) is 4.41. The molecule has 0 unspecified atom stereocenters. The van der Waals surface area contributed by atoms with Crippen molar-refractivity contribution in [2.24, 2.45) is 34.5 Å². The lowest BCUT2D eigenvalue weighted by atomic mass is 9.47. The molecule has 3 aliphatic carbocycles. The molecule has 5 heteroatoms. The molecule has 3 saturated carbocycles. The number of hydrogen-bond donors (Lipinski definition) is 1. The van der Waals surface area contributed by atoms with E-state index in [4.69, 9.17) is 0 Å². The van der Waals surface area contributed by atoms with E-state index in [2.05, 4.69) is 54.2 Å². The molecular formula is C30H39N3O2. The lowest BCUT2D eigenvalue weighted by molar-refractivity contribution is -0.139. The molecule has 0 radical (unpaired) electrons. The van der Waals surface area contributed by atoms with Crippen LogP contribution in [-0.4, -0.2) is 34.4 Å². The van der Waals surface area contributed by atoms with Crippen LogP contribution in [0.2, 0.25) is 0 Å². The molecule has 1 aromatic heterocycles. The van der Waals surface area contributed by atoms with Crippen LogP contribution in [0.1, 0.15) is 58.8 Å². The molecule has 1 aliphatic heterocycles. The van der Waals surface area contributed by atoms with Gasteiger partial charge in [-0.15, -0.1) is 0 Å². The largest absolute Gasteiger partial charge is 0.338 e. The summed E-state index contributed by atoms with van der Waals surface area (Å²) in [6.07, 6.45) is 13.9. The highest BCUT2D eigenvalue weighted by Crippen LogP contribution is 2.65. The van der Waals surface area contributed by atoms with Gasteiger partial charge in [0.2, 0.25) is 11.8 Å². The van der Waals surface area contributed by atoms with Crippen LogP contribution in [0.3, 0.4) is 0 Å². The number of para-hydroxylation sites is 1. The summed E-state index contributed by atoms with van der Waals surface area (Å²) >= 11 is 0. The lowest BCUT2D eigenvalue weighted by Gasteiger charge is -2.60. The normalized spacial score (nSPS) is 38.2. The predicted molar refractivity (Wildman–Crippen MR) is 138 cm³/mol. The van der Waals surface area contributed by atoms with E-state index in [1.165, 1.54) is 37.5 Å². The SMILES string of the molecule is CN1C(=O)C=C[C@]2(C)[C@H]3CC[C@]4(C)[C@@H](CC(=O)NCn5ccc6ccccc65)CC[C@H]4[C@@H]3CC[C@@H]12. The predicted octanol–water partition coefficient (Wildman–Crippen LogP) is 5.36. The summed E-state index contributed by atoms with van der Waals surface area (Å²) in [5.74, 6) is 2.85. The Morgan fingerprint density at radius 1 is 1.06 bits per heavy atom. The Labute approximate surface area is 208 Å². The summed E-state index contributed by atoms with van der Waals surface area (Å²) in [6.45, 7) is 5.42. The standard InChI is InChI=1S/C30H39N3O2/c1-29-15-12-24-22(9-11-26-30(24,2)16-13-28(35)32(26)3)23(29)10-8-21(29)18-27(34)31-19-33-17-14-20-6-4-5-7-25(20)33/h4-7,13-14,16-17,21-24,26H,8-12,15,18-19H2,1-3H3,(H,31,34)/t21-,22+,23+,24+,26-,29-,30-/m1/s1. The summed E-state index contributed by atoms with van der Waals surface area (Å²) in [4.78, 5) is 27.4. The Morgan fingerprint density at radius 3 is 2.74 bits per heavy atom. The van der Waals surface area contributed by atoms with Gasteiger partial charge >= 0.3 is 0 Å². The van der Waals surface area contributed by atoms with Crippen molar-refractivity contribution in [3.63, 3.8) is 0 Å². The molecule has 1 N–H and O–H groups in total. The first-order valence-corrected chi connectivity index (χ1v) is 13.6. The number of nitrogens with one attached hydrogen (secondary N) is 1. The van der Waals surface area contributed by atoms with Crippen molar-refractivity contribution in [2.45, 2.75) is 71.5 Å². The molecular weight excluding hydrogens is 434 g/mol. The number of benzene rings is 1. The summed E-state index contributed by atoms with van der Waals surface area (Å²) in [7, 11) is 1.99. The Balaban J connectivity index is 1.13. The topological polar surface area (TPSA) is 54.3 Å². The first-order valence-electron chi connectivity index (χ1n) is 13.6. The lowest BCUT2D eigenvalue weighted by Crippen LogP contribution is -2.59. The van der Waals surface area contributed by atoms with Crippen molar-refractivity contribution in [1.29, 1.82) is 0 Å². The molecule has 2 aromatic rings. The number of nitrogens with zero attached hydrogens (tertiary/aromatic N) is 2. The Morgan fingerprint density at radius 2 is 1.89 bits per heavy atom. The van der Waals surface area contributed by atoms with E-state index >= 15 is 0 Å². The van der Waals surface area contributed by atoms with Crippen LogP contribution in [0.25, 0.3) is 10.9 Å². The van der Waals surface area contributed by atoms with Crippen molar-refractivity contribution < 1.29 is 9.59 Å². The fourth-order valence-corrected chi connectivity index (χ4v) is 8.93. The van der Waals surface area contributed by atoms with Crippen LogP contribution in [0.5, 0.6) is 0 Å². The average Bonchev–Trinajstić information content (AvgIpc) is 3.41. The molecule has 4 aliphatic rings. The smallest absolute Gasteiger partial charge is 0.246 e. The quantitative estimate of drug-likeness (QED) is 0.650. The second kappa shape index (κ2) is 8.25. The first-order chi connectivity index (χ1) is 16.8. The second-order valence-corrected chi connectivity index (χ2v) is 12.2. The van der Waals surface area contributed by atoms with Crippen molar-refractivity contribution in [1.82, 2.24) is 14.8 Å². The minimum absolute atomic E-state index is 0.0852. The zero-order chi connectivity index (χ0) is 24.4. The van der Waals surface area contributed by atoms with Gasteiger partial charge in [-0.1, -0.05) is 38.1 Å². The van der Waals surface area contributed by atoms with Crippen LogP contribution in [0.4, 0.5) is 0 Å². The highest BCUT2D eigenvalue weighted by molar-refractivity contribution is 5.89. The van der Waals surface area contributed by atoms with Gasteiger partial charge in [-0.2, -0.15) is 0 Å². The third-order valence-electron chi connectivity index (χ3n) is 10.9. The molecule has 186 valence electrons. The number of carbonyl (C=O) groups is 2. The van der Waals surface area contributed by atoms with Gasteiger partial charge in [0.05, 0.1) is 6.67 Å². The third kappa shape index (κ3) is 3.48. The van der Waals surface area contributed by atoms with Gasteiger partial charge in [0.1, 0.15) is 0 Å². The molecule has 0 bridgehead atoms. The Kier molecular flexibility index (Phi) is 5.39. The van der Waals surface area contributed by atoms with Gasteiger partial charge in [-0.25, -0.2) is 0 Å². The number of aromatic nitrogens is 1. The average molecular weight is 474 g/mol. The fourth-order valence-electron chi connectivity index (χ4n) is 8.93. The van der Waals surface area contributed by atoms with Crippen LogP contribution in [-0.2, 0) is 16.3 Å². The first kappa shape index (κ1) is 22.9.